The lowest BCUT2D eigenvalue weighted by atomic mass is 10.0. The molecule has 1 rings (SSSR count). The molecule has 0 aromatic heterocycles. The normalized spacial score (nSPS) is 18.5. The van der Waals surface area contributed by atoms with Gasteiger partial charge in [0.2, 0.25) is 23.6 Å². The summed E-state index contributed by atoms with van der Waals surface area (Å²) in [5.41, 5.74) is 11.0. The summed E-state index contributed by atoms with van der Waals surface area (Å²) in [7, 11) is 0. The molecule has 0 aromatic rings. The van der Waals surface area contributed by atoms with E-state index in [1.54, 1.807) is 13.8 Å². The molecular formula is C19H31N5O8. The third-order valence-corrected chi connectivity index (χ3v) is 5.14. The number of nitrogens with zero attached hydrogens (tertiary/aromatic N) is 1. The number of rotatable bonds is 12. The maximum atomic E-state index is 12.9. The summed E-state index contributed by atoms with van der Waals surface area (Å²) in [6.45, 7) is 3.50. The number of carboxylic acid groups (broad SMARTS) is 2. The zero-order valence-electron chi connectivity index (χ0n) is 18.1. The van der Waals surface area contributed by atoms with E-state index in [1.807, 2.05) is 0 Å². The van der Waals surface area contributed by atoms with Gasteiger partial charge >= 0.3 is 11.9 Å². The van der Waals surface area contributed by atoms with Gasteiger partial charge in [-0.3, -0.25) is 24.0 Å². The first-order valence-corrected chi connectivity index (χ1v) is 10.2. The van der Waals surface area contributed by atoms with E-state index in [2.05, 4.69) is 10.6 Å². The number of carbonyl (C=O) groups excluding carboxylic acids is 4. The molecule has 0 radical (unpaired) electrons. The van der Waals surface area contributed by atoms with E-state index in [1.165, 1.54) is 0 Å². The van der Waals surface area contributed by atoms with Gasteiger partial charge in [-0.25, -0.2) is 4.79 Å². The highest BCUT2D eigenvalue weighted by Crippen LogP contribution is 2.19. The summed E-state index contributed by atoms with van der Waals surface area (Å²) >= 11 is 0. The van der Waals surface area contributed by atoms with Crippen LogP contribution in [0.2, 0.25) is 0 Å². The Morgan fingerprint density at radius 1 is 1.03 bits per heavy atom. The predicted octanol–water partition coefficient (Wildman–Crippen LogP) is -2.24. The van der Waals surface area contributed by atoms with Crippen molar-refractivity contribution in [3.63, 3.8) is 0 Å². The van der Waals surface area contributed by atoms with E-state index in [-0.39, 0.29) is 25.3 Å². The van der Waals surface area contributed by atoms with Crippen LogP contribution < -0.4 is 22.1 Å². The summed E-state index contributed by atoms with van der Waals surface area (Å²) in [5.74, 6) is -6.00. The third-order valence-electron chi connectivity index (χ3n) is 5.14. The van der Waals surface area contributed by atoms with E-state index < -0.39 is 72.6 Å². The lowest BCUT2D eigenvalue weighted by Gasteiger charge is -2.28. The van der Waals surface area contributed by atoms with E-state index >= 15 is 0 Å². The molecule has 13 nitrogen and oxygen atoms in total. The Labute approximate surface area is 184 Å². The van der Waals surface area contributed by atoms with E-state index in [0.29, 0.717) is 6.42 Å². The van der Waals surface area contributed by atoms with Gasteiger partial charge in [-0.2, -0.15) is 0 Å². The number of carbonyl (C=O) groups is 6. The molecule has 0 bridgehead atoms. The number of primary amides is 1. The standard InChI is InChI=1S/C19H31N5O8/c1-9(2)15(21)17(29)22-10(5-6-14(26)27)16(28)23-11(8-13(20)25)18(30)24-7-3-4-12(24)19(31)32/h9-12,15H,3-8,21H2,1-2H3,(H2,20,25)(H,22,29)(H,23,28)(H,26,27)(H,31,32). The van der Waals surface area contributed by atoms with Crippen molar-refractivity contribution in [3.05, 3.63) is 0 Å². The van der Waals surface area contributed by atoms with Crippen LogP contribution in [0.4, 0.5) is 0 Å². The summed E-state index contributed by atoms with van der Waals surface area (Å²) in [5, 5.41) is 22.9. The lowest BCUT2D eigenvalue weighted by molar-refractivity contribution is -0.149. The quantitative estimate of drug-likeness (QED) is 0.186. The summed E-state index contributed by atoms with van der Waals surface area (Å²) in [6.07, 6.45) is -0.695. The van der Waals surface area contributed by atoms with Gasteiger partial charge < -0.3 is 37.2 Å². The van der Waals surface area contributed by atoms with Gasteiger partial charge in [0.1, 0.15) is 18.1 Å². The molecule has 180 valence electrons. The molecular weight excluding hydrogens is 426 g/mol. The number of hydrogen-bond donors (Lipinski definition) is 6. The Morgan fingerprint density at radius 3 is 2.12 bits per heavy atom. The maximum Gasteiger partial charge on any atom is 0.326 e. The molecule has 13 heteroatoms. The maximum absolute atomic E-state index is 12.9. The Hall–Kier alpha value is -3.22. The summed E-state index contributed by atoms with van der Waals surface area (Å²) < 4.78 is 0. The number of hydrogen-bond acceptors (Lipinski definition) is 7. The molecule has 8 N–H and O–H groups in total. The SMILES string of the molecule is CC(C)C(N)C(=O)NC(CCC(=O)O)C(=O)NC(CC(N)=O)C(=O)N1CCCC1C(=O)O. The van der Waals surface area contributed by atoms with Gasteiger partial charge in [-0.15, -0.1) is 0 Å². The average molecular weight is 457 g/mol. The zero-order chi connectivity index (χ0) is 24.6. The zero-order valence-corrected chi connectivity index (χ0v) is 18.1. The smallest absolute Gasteiger partial charge is 0.326 e. The fraction of sp³-hybridized carbons (Fsp3) is 0.684. The largest absolute Gasteiger partial charge is 0.481 e. The van der Waals surface area contributed by atoms with Crippen molar-refractivity contribution in [2.75, 3.05) is 6.54 Å². The van der Waals surface area contributed by atoms with Crippen molar-refractivity contribution in [1.82, 2.24) is 15.5 Å². The molecule has 1 fully saturated rings. The first kappa shape index (κ1) is 26.8. The first-order chi connectivity index (χ1) is 14.8. The topological polar surface area (TPSA) is 222 Å². The summed E-state index contributed by atoms with van der Waals surface area (Å²) in [4.78, 5) is 72.9. The highest BCUT2D eigenvalue weighted by molar-refractivity contribution is 5.96. The molecule has 0 aliphatic carbocycles. The number of aliphatic carboxylic acids is 2. The van der Waals surface area contributed by atoms with Crippen LogP contribution in [-0.2, 0) is 28.8 Å². The van der Waals surface area contributed by atoms with Gasteiger partial charge in [-0.1, -0.05) is 13.8 Å². The van der Waals surface area contributed by atoms with Crippen LogP contribution in [0.5, 0.6) is 0 Å². The van der Waals surface area contributed by atoms with Gasteiger partial charge in [0.15, 0.2) is 0 Å². The number of carboxylic acids is 2. The van der Waals surface area contributed by atoms with E-state index in [0.717, 1.165) is 4.90 Å². The number of likely N-dealkylation sites (tertiary alicyclic amines) is 1. The fourth-order valence-electron chi connectivity index (χ4n) is 3.27. The molecule has 32 heavy (non-hydrogen) atoms. The Bertz CT molecular complexity index is 756. The highest BCUT2D eigenvalue weighted by Gasteiger charge is 2.39. The number of nitrogens with two attached hydrogens (primary N) is 2. The average Bonchev–Trinajstić information content (AvgIpc) is 3.18. The van der Waals surface area contributed by atoms with Gasteiger partial charge in [0, 0.05) is 13.0 Å². The second-order valence-electron chi connectivity index (χ2n) is 8.02. The Morgan fingerprint density at radius 2 is 1.62 bits per heavy atom. The molecule has 0 aromatic carbocycles. The van der Waals surface area contributed by atoms with Crippen molar-refractivity contribution >= 4 is 35.6 Å². The first-order valence-electron chi connectivity index (χ1n) is 10.2. The van der Waals surface area contributed by atoms with Crippen LogP contribution in [0.3, 0.4) is 0 Å². The second-order valence-corrected chi connectivity index (χ2v) is 8.02. The van der Waals surface area contributed by atoms with Crippen molar-refractivity contribution < 1.29 is 39.0 Å². The molecule has 4 atom stereocenters. The third kappa shape index (κ3) is 7.80. The minimum atomic E-state index is -1.47. The van der Waals surface area contributed by atoms with Crippen molar-refractivity contribution in [2.45, 2.75) is 70.1 Å². The monoisotopic (exact) mass is 457 g/mol. The van der Waals surface area contributed by atoms with Crippen molar-refractivity contribution in [1.29, 1.82) is 0 Å². The lowest BCUT2D eigenvalue weighted by Crippen LogP contribution is -2.58. The minimum Gasteiger partial charge on any atom is -0.481 e. The van der Waals surface area contributed by atoms with Crippen LogP contribution >= 0.6 is 0 Å². The predicted molar refractivity (Wildman–Crippen MR) is 110 cm³/mol. The van der Waals surface area contributed by atoms with Gasteiger partial charge in [0.05, 0.1) is 12.5 Å². The Balaban J connectivity index is 3.04. The second kappa shape index (κ2) is 12.0. The minimum absolute atomic E-state index is 0.128. The molecule has 1 saturated heterocycles. The van der Waals surface area contributed by atoms with Crippen LogP contribution in [0, 0.1) is 5.92 Å². The van der Waals surface area contributed by atoms with Crippen molar-refractivity contribution in [2.24, 2.45) is 17.4 Å². The molecule has 1 aliphatic heterocycles. The number of nitrogens with one attached hydrogen (secondary N) is 2. The molecule has 4 unspecified atom stereocenters. The molecule has 0 saturated carbocycles. The van der Waals surface area contributed by atoms with Gasteiger partial charge in [-0.05, 0) is 25.2 Å². The van der Waals surface area contributed by atoms with Crippen molar-refractivity contribution in [3.8, 4) is 0 Å². The summed E-state index contributed by atoms with van der Waals surface area (Å²) in [6, 6.07) is -4.87. The van der Waals surface area contributed by atoms with Gasteiger partial charge in [0.25, 0.3) is 0 Å². The molecule has 1 aliphatic rings. The van der Waals surface area contributed by atoms with Crippen LogP contribution in [0.25, 0.3) is 0 Å². The highest BCUT2D eigenvalue weighted by atomic mass is 16.4. The van der Waals surface area contributed by atoms with Crippen LogP contribution in [0.15, 0.2) is 0 Å². The molecule has 4 amide bonds. The van der Waals surface area contributed by atoms with Crippen LogP contribution in [-0.4, -0.2) is 81.4 Å². The molecule has 1 heterocycles. The fourth-order valence-corrected chi connectivity index (χ4v) is 3.27. The van der Waals surface area contributed by atoms with E-state index in [9.17, 15) is 33.9 Å². The molecule has 0 spiro atoms. The Kier molecular flexibility index (Phi) is 10.0. The van der Waals surface area contributed by atoms with E-state index in [4.69, 9.17) is 16.6 Å². The van der Waals surface area contributed by atoms with Crippen LogP contribution in [0.1, 0.15) is 46.0 Å². The number of amides is 4.